The predicted molar refractivity (Wildman–Crippen MR) is 93.9 cm³/mol. The van der Waals surface area contributed by atoms with E-state index in [-0.39, 0.29) is 17.1 Å². The number of carbonyl (C=O) groups is 2. The highest BCUT2D eigenvalue weighted by Crippen LogP contribution is 2.32. The standard InChI is InChI=1S/C19H28N2O2/c1-15(22)9-10-18(23)21-13-11-20(12-14-21)17-8-6-5-7-16(17)19(2,3)4/h5-8H,9-14H2,1-4H3. The van der Waals surface area contributed by atoms with E-state index in [2.05, 4.69) is 49.9 Å². The van der Waals surface area contributed by atoms with Gasteiger partial charge in [0.15, 0.2) is 0 Å². The molecule has 0 atom stereocenters. The number of benzene rings is 1. The van der Waals surface area contributed by atoms with E-state index in [1.54, 1.807) is 0 Å². The van der Waals surface area contributed by atoms with Crippen LogP contribution in [0.3, 0.4) is 0 Å². The van der Waals surface area contributed by atoms with Crippen LogP contribution < -0.4 is 4.90 Å². The van der Waals surface area contributed by atoms with Gasteiger partial charge in [0.1, 0.15) is 5.78 Å². The molecule has 0 saturated carbocycles. The van der Waals surface area contributed by atoms with E-state index < -0.39 is 0 Å². The monoisotopic (exact) mass is 316 g/mol. The highest BCUT2D eigenvalue weighted by Gasteiger charge is 2.25. The van der Waals surface area contributed by atoms with Crippen molar-refractivity contribution in [3.8, 4) is 0 Å². The van der Waals surface area contributed by atoms with Gasteiger partial charge in [-0.15, -0.1) is 0 Å². The zero-order valence-corrected chi connectivity index (χ0v) is 14.8. The number of Topliss-reactive ketones (excluding diaryl/α,β-unsaturated/α-hetero) is 1. The molecule has 0 spiro atoms. The van der Waals surface area contributed by atoms with Gasteiger partial charge in [-0.25, -0.2) is 0 Å². The Hall–Kier alpha value is -1.84. The van der Waals surface area contributed by atoms with Crippen molar-refractivity contribution in [3.05, 3.63) is 29.8 Å². The molecule has 4 nitrogen and oxygen atoms in total. The summed E-state index contributed by atoms with van der Waals surface area (Å²) in [4.78, 5) is 27.4. The smallest absolute Gasteiger partial charge is 0.223 e. The number of amides is 1. The Morgan fingerprint density at radius 1 is 1.00 bits per heavy atom. The number of rotatable bonds is 4. The molecule has 2 rings (SSSR count). The molecule has 0 radical (unpaired) electrons. The first kappa shape index (κ1) is 17.5. The second-order valence-corrected chi connectivity index (χ2v) is 7.34. The van der Waals surface area contributed by atoms with Gasteiger partial charge in [0.2, 0.25) is 5.91 Å². The maximum absolute atomic E-state index is 12.1. The molecule has 0 unspecified atom stereocenters. The minimum Gasteiger partial charge on any atom is -0.368 e. The van der Waals surface area contributed by atoms with Crippen LogP contribution in [0.5, 0.6) is 0 Å². The van der Waals surface area contributed by atoms with Crippen molar-refractivity contribution in [3.63, 3.8) is 0 Å². The molecule has 1 aliphatic heterocycles. The Balaban J connectivity index is 2.00. The van der Waals surface area contributed by atoms with Crippen molar-refractivity contribution in [1.82, 2.24) is 4.90 Å². The Bertz CT molecular complexity index is 567. The lowest BCUT2D eigenvalue weighted by Crippen LogP contribution is -2.49. The summed E-state index contributed by atoms with van der Waals surface area (Å²) in [6.07, 6.45) is 0.694. The lowest BCUT2D eigenvalue weighted by atomic mass is 9.85. The summed E-state index contributed by atoms with van der Waals surface area (Å²) in [6.45, 7) is 11.4. The van der Waals surface area contributed by atoms with E-state index in [1.165, 1.54) is 18.2 Å². The van der Waals surface area contributed by atoms with E-state index >= 15 is 0 Å². The van der Waals surface area contributed by atoms with E-state index in [4.69, 9.17) is 0 Å². The molecule has 0 N–H and O–H groups in total. The second-order valence-electron chi connectivity index (χ2n) is 7.34. The molecular weight excluding hydrogens is 288 g/mol. The molecule has 126 valence electrons. The zero-order valence-electron chi connectivity index (χ0n) is 14.8. The number of hydrogen-bond acceptors (Lipinski definition) is 3. The van der Waals surface area contributed by atoms with Gasteiger partial charge in [-0.1, -0.05) is 39.0 Å². The van der Waals surface area contributed by atoms with Crippen molar-refractivity contribution in [2.45, 2.75) is 46.0 Å². The predicted octanol–water partition coefficient (Wildman–Crippen LogP) is 3.00. The van der Waals surface area contributed by atoms with Gasteiger partial charge in [-0.3, -0.25) is 4.79 Å². The number of para-hydroxylation sites is 1. The molecule has 0 aromatic heterocycles. The lowest BCUT2D eigenvalue weighted by molar-refractivity contribution is -0.133. The van der Waals surface area contributed by atoms with Gasteiger partial charge < -0.3 is 14.6 Å². The van der Waals surface area contributed by atoms with Gasteiger partial charge in [0.25, 0.3) is 0 Å². The first-order valence-electron chi connectivity index (χ1n) is 8.40. The normalized spacial score (nSPS) is 15.7. The van der Waals surface area contributed by atoms with Crippen LogP contribution in [0.1, 0.15) is 46.1 Å². The molecule has 23 heavy (non-hydrogen) atoms. The van der Waals surface area contributed by atoms with Crippen LogP contribution in [0, 0.1) is 0 Å². The minimum absolute atomic E-state index is 0.0797. The van der Waals surface area contributed by atoms with Crippen LogP contribution in [0.15, 0.2) is 24.3 Å². The summed E-state index contributed by atoms with van der Waals surface area (Å²) >= 11 is 0. The van der Waals surface area contributed by atoms with E-state index in [1.807, 2.05) is 4.90 Å². The van der Waals surface area contributed by atoms with Gasteiger partial charge in [0.05, 0.1) is 0 Å². The fourth-order valence-electron chi connectivity index (χ4n) is 3.02. The van der Waals surface area contributed by atoms with Crippen molar-refractivity contribution >= 4 is 17.4 Å². The Labute approximate surface area is 139 Å². The van der Waals surface area contributed by atoms with Gasteiger partial charge in [-0.2, -0.15) is 0 Å². The number of piperazine rings is 1. The molecule has 1 amide bonds. The minimum atomic E-state index is 0.0797. The number of ketones is 1. The van der Waals surface area contributed by atoms with E-state index in [0.29, 0.717) is 12.8 Å². The van der Waals surface area contributed by atoms with Gasteiger partial charge >= 0.3 is 0 Å². The van der Waals surface area contributed by atoms with Crippen molar-refractivity contribution in [2.24, 2.45) is 0 Å². The first-order chi connectivity index (χ1) is 10.8. The number of carbonyl (C=O) groups excluding carboxylic acids is 2. The second kappa shape index (κ2) is 7.16. The lowest BCUT2D eigenvalue weighted by Gasteiger charge is -2.38. The maximum atomic E-state index is 12.1. The molecule has 0 bridgehead atoms. The molecule has 1 saturated heterocycles. The molecular formula is C19H28N2O2. The molecule has 1 fully saturated rings. The first-order valence-corrected chi connectivity index (χ1v) is 8.40. The number of nitrogens with zero attached hydrogens (tertiary/aromatic N) is 2. The van der Waals surface area contributed by atoms with E-state index in [0.717, 1.165) is 26.2 Å². The van der Waals surface area contributed by atoms with Crippen LogP contribution in [0.25, 0.3) is 0 Å². The summed E-state index contributed by atoms with van der Waals surface area (Å²) in [5, 5.41) is 0. The topological polar surface area (TPSA) is 40.6 Å². The summed E-state index contributed by atoms with van der Waals surface area (Å²) < 4.78 is 0. The molecule has 4 heteroatoms. The zero-order chi connectivity index (χ0) is 17.0. The maximum Gasteiger partial charge on any atom is 0.223 e. The molecule has 1 aromatic carbocycles. The number of anilines is 1. The summed E-state index contributed by atoms with van der Waals surface area (Å²) in [5.41, 5.74) is 2.72. The molecule has 1 heterocycles. The van der Waals surface area contributed by atoms with Crippen molar-refractivity contribution in [1.29, 1.82) is 0 Å². The third-order valence-electron chi connectivity index (χ3n) is 4.38. The van der Waals surface area contributed by atoms with Gasteiger partial charge in [0, 0.05) is 44.7 Å². The van der Waals surface area contributed by atoms with Gasteiger partial charge in [-0.05, 0) is 24.0 Å². The Morgan fingerprint density at radius 2 is 1.61 bits per heavy atom. The van der Waals surface area contributed by atoms with E-state index in [9.17, 15) is 9.59 Å². The van der Waals surface area contributed by atoms with Crippen LogP contribution in [-0.2, 0) is 15.0 Å². The average Bonchev–Trinajstić information content (AvgIpc) is 2.52. The summed E-state index contributed by atoms with van der Waals surface area (Å²) in [5.74, 6) is 0.181. The molecule has 0 aliphatic carbocycles. The third kappa shape index (κ3) is 4.57. The van der Waals surface area contributed by atoms with Crippen LogP contribution in [0.2, 0.25) is 0 Å². The quantitative estimate of drug-likeness (QED) is 0.857. The third-order valence-corrected chi connectivity index (χ3v) is 4.38. The van der Waals surface area contributed by atoms with Crippen LogP contribution >= 0.6 is 0 Å². The molecule has 1 aliphatic rings. The summed E-state index contributed by atoms with van der Waals surface area (Å²) in [6, 6.07) is 8.54. The Kier molecular flexibility index (Phi) is 5.45. The largest absolute Gasteiger partial charge is 0.368 e. The average molecular weight is 316 g/mol. The highest BCUT2D eigenvalue weighted by atomic mass is 16.2. The molecule has 1 aromatic rings. The highest BCUT2D eigenvalue weighted by molar-refractivity contribution is 5.83. The fraction of sp³-hybridized carbons (Fsp3) is 0.579. The van der Waals surface area contributed by atoms with Crippen molar-refractivity contribution < 1.29 is 9.59 Å². The fourth-order valence-corrected chi connectivity index (χ4v) is 3.02. The summed E-state index contributed by atoms with van der Waals surface area (Å²) in [7, 11) is 0. The SMILES string of the molecule is CC(=O)CCC(=O)N1CCN(c2ccccc2C(C)(C)C)CC1. The van der Waals surface area contributed by atoms with Crippen LogP contribution in [0.4, 0.5) is 5.69 Å². The van der Waals surface area contributed by atoms with Crippen LogP contribution in [-0.4, -0.2) is 42.8 Å². The van der Waals surface area contributed by atoms with Crippen molar-refractivity contribution in [2.75, 3.05) is 31.1 Å². The Morgan fingerprint density at radius 3 is 2.17 bits per heavy atom. The number of hydrogen-bond donors (Lipinski definition) is 0.